The molecular formula is C17H23NO. The Balaban J connectivity index is 1.75. The minimum atomic E-state index is 0.593. The quantitative estimate of drug-likeness (QED) is 0.872. The van der Waals surface area contributed by atoms with Crippen LogP contribution in [0.1, 0.15) is 37.8 Å². The van der Waals surface area contributed by atoms with Crippen molar-refractivity contribution in [2.45, 2.75) is 39.2 Å². The first-order chi connectivity index (χ1) is 9.22. The first kappa shape index (κ1) is 12.7. The van der Waals surface area contributed by atoms with E-state index in [2.05, 4.69) is 43.4 Å². The summed E-state index contributed by atoms with van der Waals surface area (Å²) in [4.78, 5) is 0. The SMILES string of the molecule is CC(C)C(=Cc1ccc2c(c1)CCO2)CNC1CC1. The van der Waals surface area contributed by atoms with Crippen molar-refractivity contribution in [1.82, 2.24) is 5.32 Å². The van der Waals surface area contributed by atoms with E-state index in [0.717, 1.165) is 31.4 Å². The zero-order chi connectivity index (χ0) is 13.2. The van der Waals surface area contributed by atoms with Gasteiger partial charge in [-0.05, 0) is 42.0 Å². The number of nitrogens with one attached hydrogen (secondary N) is 1. The fourth-order valence-corrected chi connectivity index (χ4v) is 2.48. The third-order valence-electron chi connectivity index (χ3n) is 3.98. The first-order valence-electron chi connectivity index (χ1n) is 7.42. The van der Waals surface area contributed by atoms with Crippen molar-refractivity contribution in [1.29, 1.82) is 0 Å². The first-order valence-corrected chi connectivity index (χ1v) is 7.42. The molecule has 19 heavy (non-hydrogen) atoms. The lowest BCUT2D eigenvalue weighted by Gasteiger charge is -2.13. The molecule has 0 aromatic heterocycles. The van der Waals surface area contributed by atoms with Gasteiger partial charge in [0, 0.05) is 19.0 Å². The van der Waals surface area contributed by atoms with Crippen LogP contribution in [0.5, 0.6) is 5.75 Å². The number of hydrogen-bond donors (Lipinski definition) is 1. The predicted octanol–water partition coefficient (Wildman–Crippen LogP) is 3.41. The molecule has 2 nitrogen and oxygen atoms in total. The highest BCUT2D eigenvalue weighted by atomic mass is 16.5. The zero-order valence-electron chi connectivity index (χ0n) is 11.9. The third-order valence-corrected chi connectivity index (χ3v) is 3.98. The van der Waals surface area contributed by atoms with Gasteiger partial charge in [-0.1, -0.05) is 31.6 Å². The standard InChI is InChI=1S/C17H23NO/c1-12(2)15(11-18-16-4-5-16)10-13-3-6-17-14(9-13)7-8-19-17/h3,6,9-10,12,16,18H,4-5,7-8,11H2,1-2H3. The van der Waals surface area contributed by atoms with Gasteiger partial charge in [0.2, 0.25) is 0 Å². The van der Waals surface area contributed by atoms with E-state index in [0.29, 0.717) is 5.92 Å². The average Bonchev–Trinajstić information content (AvgIpc) is 3.10. The van der Waals surface area contributed by atoms with Crippen LogP contribution in [0.3, 0.4) is 0 Å². The van der Waals surface area contributed by atoms with E-state index in [1.165, 1.54) is 29.5 Å². The lowest BCUT2D eigenvalue weighted by molar-refractivity contribution is 0.357. The Kier molecular flexibility index (Phi) is 3.61. The summed E-state index contributed by atoms with van der Waals surface area (Å²) in [5, 5.41) is 3.62. The molecule has 2 heteroatoms. The van der Waals surface area contributed by atoms with Gasteiger partial charge in [-0.15, -0.1) is 0 Å². The fourth-order valence-electron chi connectivity index (χ4n) is 2.48. The van der Waals surface area contributed by atoms with Gasteiger partial charge in [0.25, 0.3) is 0 Å². The second-order valence-corrected chi connectivity index (χ2v) is 5.99. The average molecular weight is 257 g/mol. The molecule has 2 aliphatic rings. The molecular weight excluding hydrogens is 234 g/mol. The highest BCUT2D eigenvalue weighted by molar-refractivity contribution is 5.57. The molecule has 102 valence electrons. The van der Waals surface area contributed by atoms with Crippen molar-refractivity contribution in [3.05, 3.63) is 34.9 Å². The second kappa shape index (κ2) is 5.38. The van der Waals surface area contributed by atoms with Gasteiger partial charge in [0.05, 0.1) is 6.61 Å². The Labute approximate surface area is 115 Å². The second-order valence-electron chi connectivity index (χ2n) is 5.99. The summed E-state index contributed by atoms with van der Waals surface area (Å²) >= 11 is 0. The summed E-state index contributed by atoms with van der Waals surface area (Å²) in [6, 6.07) is 7.34. The summed E-state index contributed by atoms with van der Waals surface area (Å²) in [6.45, 7) is 6.41. The van der Waals surface area contributed by atoms with Gasteiger partial charge in [-0.3, -0.25) is 0 Å². The number of fused-ring (bicyclic) bond motifs is 1. The minimum absolute atomic E-state index is 0.593. The van der Waals surface area contributed by atoms with Gasteiger partial charge in [0.1, 0.15) is 5.75 Å². The van der Waals surface area contributed by atoms with Gasteiger partial charge >= 0.3 is 0 Å². The maximum absolute atomic E-state index is 5.56. The lowest BCUT2D eigenvalue weighted by Crippen LogP contribution is -2.21. The Morgan fingerprint density at radius 2 is 2.26 bits per heavy atom. The molecule has 0 amide bonds. The van der Waals surface area contributed by atoms with E-state index >= 15 is 0 Å². The molecule has 1 heterocycles. The van der Waals surface area contributed by atoms with Crippen molar-refractivity contribution in [2.75, 3.05) is 13.2 Å². The number of hydrogen-bond acceptors (Lipinski definition) is 2. The van der Waals surface area contributed by atoms with Gasteiger partial charge < -0.3 is 10.1 Å². The molecule has 1 aromatic carbocycles. The van der Waals surface area contributed by atoms with Crippen LogP contribution in [-0.4, -0.2) is 19.2 Å². The Morgan fingerprint density at radius 3 is 3.00 bits per heavy atom. The van der Waals surface area contributed by atoms with Gasteiger partial charge in [0.15, 0.2) is 0 Å². The van der Waals surface area contributed by atoms with Crippen LogP contribution in [0, 0.1) is 5.92 Å². The van der Waals surface area contributed by atoms with Crippen LogP contribution in [0.2, 0.25) is 0 Å². The van der Waals surface area contributed by atoms with Crippen LogP contribution in [-0.2, 0) is 6.42 Å². The molecule has 1 aliphatic carbocycles. The molecule has 0 bridgehead atoms. The fraction of sp³-hybridized carbons (Fsp3) is 0.529. The Bertz CT molecular complexity index is 486. The number of benzene rings is 1. The van der Waals surface area contributed by atoms with Crippen LogP contribution >= 0.6 is 0 Å². The number of rotatable bonds is 5. The molecule has 0 atom stereocenters. The maximum Gasteiger partial charge on any atom is 0.122 e. The van der Waals surface area contributed by atoms with Crippen molar-refractivity contribution in [3.8, 4) is 5.75 Å². The molecule has 1 aliphatic heterocycles. The van der Waals surface area contributed by atoms with Crippen LogP contribution in [0.15, 0.2) is 23.8 Å². The third kappa shape index (κ3) is 3.19. The van der Waals surface area contributed by atoms with Crippen LogP contribution in [0.25, 0.3) is 6.08 Å². The van der Waals surface area contributed by atoms with E-state index in [4.69, 9.17) is 4.74 Å². The smallest absolute Gasteiger partial charge is 0.122 e. The van der Waals surface area contributed by atoms with Crippen LogP contribution in [0.4, 0.5) is 0 Å². The molecule has 0 spiro atoms. The number of ether oxygens (including phenoxy) is 1. The molecule has 1 saturated carbocycles. The van der Waals surface area contributed by atoms with Gasteiger partial charge in [-0.25, -0.2) is 0 Å². The zero-order valence-corrected chi connectivity index (χ0v) is 11.9. The van der Waals surface area contributed by atoms with Crippen molar-refractivity contribution in [3.63, 3.8) is 0 Å². The molecule has 0 radical (unpaired) electrons. The van der Waals surface area contributed by atoms with Crippen LogP contribution < -0.4 is 10.1 Å². The largest absolute Gasteiger partial charge is 0.493 e. The topological polar surface area (TPSA) is 21.3 Å². The Morgan fingerprint density at radius 1 is 1.42 bits per heavy atom. The monoisotopic (exact) mass is 257 g/mol. The van der Waals surface area contributed by atoms with Crippen molar-refractivity contribution < 1.29 is 4.74 Å². The van der Waals surface area contributed by atoms with E-state index in [-0.39, 0.29) is 0 Å². The van der Waals surface area contributed by atoms with E-state index in [1.807, 2.05) is 0 Å². The van der Waals surface area contributed by atoms with Gasteiger partial charge in [-0.2, -0.15) is 0 Å². The van der Waals surface area contributed by atoms with E-state index < -0.39 is 0 Å². The summed E-state index contributed by atoms with van der Waals surface area (Å²) in [6.07, 6.45) is 6.09. The summed E-state index contributed by atoms with van der Waals surface area (Å²) in [5.74, 6) is 1.66. The molecule has 1 fully saturated rings. The van der Waals surface area contributed by atoms with E-state index in [1.54, 1.807) is 0 Å². The maximum atomic E-state index is 5.56. The molecule has 0 unspecified atom stereocenters. The highest BCUT2D eigenvalue weighted by Gasteiger charge is 2.20. The van der Waals surface area contributed by atoms with Crippen molar-refractivity contribution in [2.24, 2.45) is 5.92 Å². The lowest BCUT2D eigenvalue weighted by atomic mass is 9.99. The molecule has 3 rings (SSSR count). The summed E-state index contributed by atoms with van der Waals surface area (Å²) < 4.78 is 5.56. The minimum Gasteiger partial charge on any atom is -0.493 e. The summed E-state index contributed by atoms with van der Waals surface area (Å²) in [7, 11) is 0. The van der Waals surface area contributed by atoms with Crippen molar-refractivity contribution >= 4 is 6.08 Å². The highest BCUT2D eigenvalue weighted by Crippen LogP contribution is 2.27. The Hall–Kier alpha value is -1.28. The molecule has 0 saturated heterocycles. The molecule has 1 N–H and O–H groups in total. The molecule has 1 aromatic rings. The predicted molar refractivity (Wildman–Crippen MR) is 79.5 cm³/mol. The normalized spacial score (nSPS) is 18.6. The van der Waals surface area contributed by atoms with E-state index in [9.17, 15) is 0 Å². The summed E-state index contributed by atoms with van der Waals surface area (Å²) in [5.41, 5.74) is 4.16.